The van der Waals surface area contributed by atoms with Gasteiger partial charge in [-0.2, -0.15) is 0 Å². The number of aryl methyl sites for hydroxylation is 1. The molecule has 1 fully saturated rings. The molecule has 122 valence electrons. The molecular weight excluding hydrogens is 349 g/mol. The standard InChI is InChI=1S/C17H19Cl2N3S/c1-11-17(23-14-7-3-6-13(18)16(14)19)21-10-15(22-11)20-9-8-12-4-2-5-12/h3,6-7,10,12H,2,4-5,8-9H2,1H3,(H,20,22). The normalized spacial score (nSPS) is 14.6. The predicted molar refractivity (Wildman–Crippen MR) is 97.8 cm³/mol. The molecule has 1 saturated carbocycles. The van der Waals surface area contributed by atoms with Crippen molar-refractivity contribution in [3.63, 3.8) is 0 Å². The summed E-state index contributed by atoms with van der Waals surface area (Å²) in [5.74, 6) is 1.74. The highest BCUT2D eigenvalue weighted by Crippen LogP contribution is 2.37. The highest BCUT2D eigenvalue weighted by Gasteiger charge is 2.16. The number of aromatic nitrogens is 2. The van der Waals surface area contributed by atoms with Gasteiger partial charge in [-0.25, -0.2) is 9.97 Å². The van der Waals surface area contributed by atoms with Crippen molar-refractivity contribution in [3.8, 4) is 0 Å². The van der Waals surface area contributed by atoms with E-state index < -0.39 is 0 Å². The fraction of sp³-hybridized carbons (Fsp3) is 0.412. The first-order valence-corrected chi connectivity index (χ1v) is 9.40. The van der Waals surface area contributed by atoms with Gasteiger partial charge in [0.1, 0.15) is 10.8 Å². The zero-order chi connectivity index (χ0) is 16.2. The Labute approximate surface area is 151 Å². The van der Waals surface area contributed by atoms with Gasteiger partial charge >= 0.3 is 0 Å². The van der Waals surface area contributed by atoms with Crippen molar-refractivity contribution in [1.82, 2.24) is 9.97 Å². The zero-order valence-corrected chi connectivity index (χ0v) is 15.3. The maximum Gasteiger partial charge on any atom is 0.144 e. The molecule has 0 spiro atoms. The maximum absolute atomic E-state index is 6.23. The van der Waals surface area contributed by atoms with E-state index in [4.69, 9.17) is 23.2 Å². The molecule has 0 radical (unpaired) electrons. The summed E-state index contributed by atoms with van der Waals surface area (Å²) in [6.45, 7) is 2.93. The van der Waals surface area contributed by atoms with Gasteiger partial charge < -0.3 is 5.32 Å². The highest BCUT2D eigenvalue weighted by atomic mass is 35.5. The second kappa shape index (κ2) is 7.73. The van der Waals surface area contributed by atoms with Crippen LogP contribution in [-0.4, -0.2) is 16.5 Å². The Kier molecular flexibility index (Phi) is 5.67. The van der Waals surface area contributed by atoms with E-state index in [1.54, 1.807) is 12.3 Å². The second-order valence-electron chi connectivity index (χ2n) is 5.81. The van der Waals surface area contributed by atoms with E-state index >= 15 is 0 Å². The van der Waals surface area contributed by atoms with Gasteiger partial charge in [0.15, 0.2) is 0 Å². The largest absolute Gasteiger partial charge is 0.369 e. The smallest absolute Gasteiger partial charge is 0.144 e. The third kappa shape index (κ3) is 4.31. The molecule has 1 heterocycles. The number of halogens is 2. The van der Waals surface area contributed by atoms with Crippen LogP contribution in [-0.2, 0) is 0 Å². The van der Waals surface area contributed by atoms with Gasteiger partial charge in [0.25, 0.3) is 0 Å². The molecule has 1 aliphatic carbocycles. The van der Waals surface area contributed by atoms with Crippen LogP contribution >= 0.6 is 35.0 Å². The summed E-state index contributed by atoms with van der Waals surface area (Å²) >= 11 is 13.8. The van der Waals surface area contributed by atoms with Crippen molar-refractivity contribution in [3.05, 3.63) is 40.1 Å². The summed E-state index contributed by atoms with van der Waals surface area (Å²) in [6, 6.07) is 5.60. The fourth-order valence-corrected chi connectivity index (χ4v) is 3.83. The molecule has 0 saturated heterocycles. The minimum atomic E-state index is 0.552. The van der Waals surface area contributed by atoms with E-state index in [0.717, 1.165) is 33.9 Å². The van der Waals surface area contributed by atoms with E-state index in [0.29, 0.717) is 10.0 Å². The van der Waals surface area contributed by atoms with Crippen LogP contribution in [0.4, 0.5) is 5.82 Å². The van der Waals surface area contributed by atoms with Crippen molar-refractivity contribution in [2.24, 2.45) is 5.92 Å². The van der Waals surface area contributed by atoms with Crippen molar-refractivity contribution in [1.29, 1.82) is 0 Å². The van der Waals surface area contributed by atoms with Gasteiger partial charge in [0.2, 0.25) is 0 Å². The lowest BCUT2D eigenvalue weighted by molar-refractivity contribution is 0.303. The number of rotatable bonds is 6. The SMILES string of the molecule is Cc1nc(NCCC2CCC2)cnc1Sc1cccc(Cl)c1Cl. The van der Waals surface area contributed by atoms with Gasteiger partial charge in [-0.3, -0.25) is 0 Å². The fourth-order valence-electron chi connectivity index (χ4n) is 2.51. The van der Waals surface area contributed by atoms with Crippen molar-refractivity contribution in [2.75, 3.05) is 11.9 Å². The van der Waals surface area contributed by atoms with Crippen LogP contribution in [0, 0.1) is 12.8 Å². The van der Waals surface area contributed by atoms with Gasteiger partial charge in [-0.1, -0.05) is 60.3 Å². The molecule has 2 aromatic rings. The van der Waals surface area contributed by atoms with Crippen LogP contribution in [0.15, 0.2) is 34.3 Å². The topological polar surface area (TPSA) is 37.8 Å². The summed E-state index contributed by atoms with van der Waals surface area (Å²) in [7, 11) is 0. The van der Waals surface area contributed by atoms with E-state index in [9.17, 15) is 0 Å². The summed E-state index contributed by atoms with van der Waals surface area (Å²) < 4.78 is 0. The van der Waals surface area contributed by atoms with Gasteiger partial charge in [0, 0.05) is 11.4 Å². The lowest BCUT2D eigenvalue weighted by Crippen LogP contribution is -2.16. The summed E-state index contributed by atoms with van der Waals surface area (Å²) in [5, 5.41) is 5.32. The third-order valence-electron chi connectivity index (χ3n) is 4.11. The predicted octanol–water partition coefficient (Wildman–Crippen LogP) is 5.85. The minimum Gasteiger partial charge on any atom is -0.369 e. The van der Waals surface area contributed by atoms with Crippen molar-refractivity contribution < 1.29 is 0 Å². The molecule has 0 atom stereocenters. The Morgan fingerprint density at radius 3 is 2.83 bits per heavy atom. The van der Waals surface area contributed by atoms with Crippen LogP contribution in [0.2, 0.25) is 10.0 Å². The average Bonchev–Trinajstić information content (AvgIpc) is 2.49. The Morgan fingerprint density at radius 1 is 1.30 bits per heavy atom. The molecule has 0 aliphatic heterocycles. The molecule has 6 heteroatoms. The van der Waals surface area contributed by atoms with Gasteiger partial charge in [-0.05, 0) is 31.4 Å². The number of hydrogen-bond acceptors (Lipinski definition) is 4. The first-order valence-electron chi connectivity index (χ1n) is 7.83. The van der Waals surface area contributed by atoms with E-state index in [1.165, 1.54) is 37.4 Å². The lowest BCUT2D eigenvalue weighted by atomic mass is 9.83. The quantitative estimate of drug-likeness (QED) is 0.695. The lowest BCUT2D eigenvalue weighted by Gasteiger charge is -2.25. The summed E-state index contributed by atoms with van der Waals surface area (Å²) in [6.07, 6.45) is 7.15. The molecule has 1 aliphatic rings. The molecule has 23 heavy (non-hydrogen) atoms. The number of nitrogens with one attached hydrogen (secondary N) is 1. The summed E-state index contributed by atoms with van der Waals surface area (Å²) in [4.78, 5) is 9.99. The molecule has 1 N–H and O–H groups in total. The second-order valence-corrected chi connectivity index (χ2v) is 7.63. The first kappa shape index (κ1) is 16.9. The zero-order valence-electron chi connectivity index (χ0n) is 13.0. The maximum atomic E-state index is 6.23. The van der Waals surface area contributed by atoms with Gasteiger partial charge in [0.05, 0.1) is 21.9 Å². The van der Waals surface area contributed by atoms with Crippen LogP contribution in [0.5, 0.6) is 0 Å². The number of benzene rings is 1. The van der Waals surface area contributed by atoms with E-state index in [2.05, 4.69) is 15.3 Å². The van der Waals surface area contributed by atoms with Crippen LogP contribution < -0.4 is 5.32 Å². The molecule has 0 unspecified atom stereocenters. The Bertz CT molecular complexity index is 690. The van der Waals surface area contributed by atoms with Gasteiger partial charge in [-0.15, -0.1) is 0 Å². The molecule has 1 aromatic heterocycles. The Balaban J connectivity index is 1.63. The van der Waals surface area contributed by atoms with Crippen molar-refractivity contribution in [2.45, 2.75) is 42.5 Å². The summed E-state index contributed by atoms with van der Waals surface area (Å²) in [5.41, 5.74) is 0.889. The molecule has 0 bridgehead atoms. The molecule has 1 aromatic carbocycles. The number of anilines is 1. The highest BCUT2D eigenvalue weighted by molar-refractivity contribution is 7.99. The monoisotopic (exact) mass is 367 g/mol. The van der Waals surface area contributed by atoms with Crippen LogP contribution in [0.3, 0.4) is 0 Å². The molecule has 3 nitrogen and oxygen atoms in total. The average molecular weight is 368 g/mol. The van der Waals surface area contributed by atoms with Crippen LogP contribution in [0.25, 0.3) is 0 Å². The third-order valence-corrected chi connectivity index (χ3v) is 6.19. The molecular formula is C17H19Cl2N3S. The Morgan fingerprint density at radius 2 is 2.13 bits per heavy atom. The Hall–Kier alpha value is -0.970. The molecule has 3 rings (SSSR count). The number of hydrogen-bond donors (Lipinski definition) is 1. The molecule has 0 amide bonds. The van der Waals surface area contributed by atoms with Crippen molar-refractivity contribution >= 4 is 40.8 Å². The first-order chi connectivity index (χ1) is 11.1. The van der Waals surface area contributed by atoms with Crippen LogP contribution in [0.1, 0.15) is 31.4 Å². The van der Waals surface area contributed by atoms with E-state index in [1.807, 2.05) is 19.1 Å². The van der Waals surface area contributed by atoms with E-state index in [-0.39, 0.29) is 0 Å². The minimum absolute atomic E-state index is 0.552. The number of nitrogens with zero attached hydrogens (tertiary/aromatic N) is 2.